The van der Waals surface area contributed by atoms with E-state index in [1.54, 1.807) is 0 Å². The number of fused-ring (bicyclic) bond motifs is 3. The summed E-state index contributed by atoms with van der Waals surface area (Å²) in [6.45, 7) is 1.23. The van der Waals surface area contributed by atoms with Crippen molar-refractivity contribution in [2.45, 2.75) is 18.3 Å². The van der Waals surface area contributed by atoms with E-state index in [1.165, 1.54) is 33.4 Å². The second kappa shape index (κ2) is 10.8. The predicted octanol–water partition coefficient (Wildman–Crippen LogP) is 8.07. The van der Waals surface area contributed by atoms with E-state index in [-0.39, 0.29) is 0 Å². The fourth-order valence-corrected chi connectivity index (χ4v) is 5.33. The summed E-state index contributed by atoms with van der Waals surface area (Å²) in [4.78, 5) is 0. The monoisotopic (exact) mass is 502 g/mol. The van der Waals surface area contributed by atoms with E-state index in [4.69, 9.17) is 32.7 Å². The molecule has 0 heterocycles. The molecule has 0 spiro atoms. The van der Waals surface area contributed by atoms with Crippen LogP contribution in [0.3, 0.4) is 0 Å². The molecular weight excluding hydrogens is 475 g/mol. The van der Waals surface area contributed by atoms with Crippen molar-refractivity contribution in [1.82, 2.24) is 0 Å². The lowest BCUT2D eigenvalue weighted by Crippen LogP contribution is -2.28. The van der Waals surface area contributed by atoms with Crippen molar-refractivity contribution in [2.24, 2.45) is 0 Å². The molecule has 0 radical (unpaired) electrons. The van der Waals surface area contributed by atoms with Crippen LogP contribution in [0.2, 0.25) is 0 Å². The predicted molar refractivity (Wildman–Crippen MR) is 145 cm³/mol. The molecule has 5 rings (SSSR count). The van der Waals surface area contributed by atoms with Gasteiger partial charge >= 0.3 is 0 Å². The molecular formula is C31H28Cl2O2. The molecule has 4 heteroatoms. The largest absolute Gasteiger partial charge is 0.494 e. The summed E-state index contributed by atoms with van der Waals surface area (Å²) in [5, 5.41) is 0. The highest BCUT2D eigenvalue weighted by Gasteiger charge is 2.45. The van der Waals surface area contributed by atoms with Gasteiger partial charge in [-0.2, -0.15) is 0 Å². The Balaban J connectivity index is 1.64. The third-order valence-corrected chi connectivity index (χ3v) is 7.15. The first kappa shape index (κ1) is 23.8. The van der Waals surface area contributed by atoms with E-state index in [2.05, 4.69) is 97.1 Å². The standard InChI is InChI=1S/C31H28Cl2O2/c32-19-5-21-34-25-15-11-23(12-16-25)31(24-13-17-26(18-14-24)35-22-6-20-33)29-9-3-1-7-27(29)28-8-2-4-10-30(28)31/h1-4,7-18H,5-6,19-22H2. The van der Waals surface area contributed by atoms with Crippen molar-refractivity contribution in [2.75, 3.05) is 25.0 Å². The Hall–Kier alpha value is -2.94. The molecule has 1 aliphatic carbocycles. The van der Waals surface area contributed by atoms with E-state index < -0.39 is 5.41 Å². The maximum atomic E-state index is 5.89. The molecule has 0 saturated heterocycles. The molecule has 2 nitrogen and oxygen atoms in total. The Morgan fingerprint density at radius 3 is 1.31 bits per heavy atom. The van der Waals surface area contributed by atoms with Crippen molar-refractivity contribution < 1.29 is 9.47 Å². The number of benzene rings is 4. The van der Waals surface area contributed by atoms with E-state index in [9.17, 15) is 0 Å². The maximum absolute atomic E-state index is 5.89. The van der Waals surface area contributed by atoms with Crippen LogP contribution in [0, 0.1) is 0 Å². The van der Waals surface area contributed by atoms with Gasteiger partial charge in [0.1, 0.15) is 11.5 Å². The van der Waals surface area contributed by atoms with Gasteiger partial charge in [-0.05, 0) is 70.5 Å². The van der Waals surface area contributed by atoms with Crippen molar-refractivity contribution >= 4 is 23.2 Å². The summed E-state index contributed by atoms with van der Waals surface area (Å²) in [5.41, 5.74) is 7.09. The van der Waals surface area contributed by atoms with Crippen LogP contribution in [0.4, 0.5) is 0 Å². The summed E-state index contributed by atoms with van der Waals surface area (Å²) in [5.74, 6) is 2.91. The molecule has 4 aromatic rings. The Labute approximate surface area is 217 Å². The molecule has 0 saturated carbocycles. The third-order valence-electron chi connectivity index (χ3n) is 6.62. The Morgan fingerprint density at radius 2 is 0.914 bits per heavy atom. The summed E-state index contributed by atoms with van der Waals surface area (Å²) in [6.07, 6.45) is 1.65. The SMILES string of the molecule is ClCCCOc1ccc(C2(c3ccc(OCCCCl)cc3)c3ccccc3-c3ccccc32)cc1. The van der Waals surface area contributed by atoms with Gasteiger partial charge in [0, 0.05) is 11.8 Å². The Morgan fingerprint density at radius 1 is 0.514 bits per heavy atom. The minimum atomic E-state index is -0.434. The minimum Gasteiger partial charge on any atom is -0.494 e. The number of hydrogen-bond acceptors (Lipinski definition) is 2. The van der Waals surface area contributed by atoms with E-state index in [0.717, 1.165) is 24.3 Å². The molecule has 0 aliphatic heterocycles. The van der Waals surface area contributed by atoms with Gasteiger partial charge in [0.05, 0.1) is 18.6 Å². The second-order valence-corrected chi connectivity index (χ2v) is 9.43. The average Bonchev–Trinajstić information content (AvgIpc) is 3.21. The smallest absolute Gasteiger partial charge is 0.119 e. The fourth-order valence-electron chi connectivity index (χ4n) is 5.12. The lowest BCUT2D eigenvalue weighted by molar-refractivity contribution is 0.318. The van der Waals surface area contributed by atoms with E-state index in [0.29, 0.717) is 25.0 Å². The van der Waals surface area contributed by atoms with Gasteiger partial charge in [0.15, 0.2) is 0 Å². The van der Waals surface area contributed by atoms with Crippen LogP contribution in [0.25, 0.3) is 11.1 Å². The topological polar surface area (TPSA) is 18.5 Å². The van der Waals surface area contributed by atoms with E-state index in [1.807, 2.05) is 0 Å². The van der Waals surface area contributed by atoms with Crippen molar-refractivity contribution in [3.8, 4) is 22.6 Å². The number of halogens is 2. The molecule has 4 aromatic carbocycles. The van der Waals surface area contributed by atoms with Crippen LogP contribution < -0.4 is 9.47 Å². The summed E-state index contributed by atoms with van der Waals surface area (Å²) in [6, 6.07) is 34.5. The van der Waals surface area contributed by atoms with Gasteiger partial charge in [-0.1, -0.05) is 72.8 Å². The van der Waals surface area contributed by atoms with Gasteiger partial charge in [-0.15, -0.1) is 23.2 Å². The molecule has 0 unspecified atom stereocenters. The number of alkyl halides is 2. The van der Waals surface area contributed by atoms with E-state index >= 15 is 0 Å². The van der Waals surface area contributed by atoms with Gasteiger partial charge in [-0.3, -0.25) is 0 Å². The molecule has 0 fully saturated rings. The molecule has 0 amide bonds. The summed E-state index contributed by atoms with van der Waals surface area (Å²) in [7, 11) is 0. The number of ether oxygens (including phenoxy) is 2. The molecule has 0 atom stereocenters. The summed E-state index contributed by atoms with van der Waals surface area (Å²) >= 11 is 11.6. The highest BCUT2D eigenvalue weighted by molar-refractivity contribution is 6.18. The zero-order valence-electron chi connectivity index (χ0n) is 19.6. The zero-order chi connectivity index (χ0) is 24.1. The second-order valence-electron chi connectivity index (χ2n) is 8.67. The highest BCUT2D eigenvalue weighted by Crippen LogP contribution is 2.56. The molecule has 35 heavy (non-hydrogen) atoms. The van der Waals surface area contributed by atoms with Gasteiger partial charge < -0.3 is 9.47 Å². The summed E-state index contributed by atoms with van der Waals surface area (Å²) < 4.78 is 11.8. The highest BCUT2D eigenvalue weighted by atomic mass is 35.5. The third kappa shape index (κ3) is 4.42. The van der Waals surface area contributed by atoms with Crippen molar-refractivity contribution in [3.63, 3.8) is 0 Å². The van der Waals surface area contributed by atoms with Crippen LogP contribution in [-0.2, 0) is 5.41 Å². The van der Waals surface area contributed by atoms with Crippen LogP contribution in [0.5, 0.6) is 11.5 Å². The Bertz CT molecular complexity index is 1160. The molecule has 0 bridgehead atoms. The Kier molecular flexibility index (Phi) is 7.32. The maximum Gasteiger partial charge on any atom is 0.119 e. The molecule has 1 aliphatic rings. The van der Waals surface area contributed by atoms with Crippen molar-refractivity contribution in [3.05, 3.63) is 119 Å². The number of rotatable bonds is 10. The molecule has 0 aromatic heterocycles. The van der Waals surface area contributed by atoms with Crippen LogP contribution in [-0.4, -0.2) is 25.0 Å². The molecule has 178 valence electrons. The fraction of sp³-hybridized carbons (Fsp3) is 0.226. The first-order chi connectivity index (χ1) is 17.3. The van der Waals surface area contributed by atoms with Crippen LogP contribution >= 0.6 is 23.2 Å². The number of hydrogen-bond donors (Lipinski definition) is 0. The minimum absolute atomic E-state index is 0.434. The first-order valence-corrected chi connectivity index (χ1v) is 13.1. The van der Waals surface area contributed by atoms with Crippen molar-refractivity contribution in [1.29, 1.82) is 0 Å². The lowest BCUT2D eigenvalue weighted by Gasteiger charge is -2.34. The average molecular weight is 503 g/mol. The van der Waals surface area contributed by atoms with Gasteiger partial charge in [0.2, 0.25) is 0 Å². The van der Waals surface area contributed by atoms with Gasteiger partial charge in [0.25, 0.3) is 0 Å². The first-order valence-electron chi connectivity index (χ1n) is 12.1. The van der Waals surface area contributed by atoms with Gasteiger partial charge in [-0.25, -0.2) is 0 Å². The normalized spacial score (nSPS) is 13.2. The quantitative estimate of drug-likeness (QED) is 0.142. The van der Waals surface area contributed by atoms with Crippen LogP contribution in [0.15, 0.2) is 97.1 Å². The molecule has 0 N–H and O–H groups in total. The van der Waals surface area contributed by atoms with Crippen LogP contribution in [0.1, 0.15) is 35.1 Å². The zero-order valence-corrected chi connectivity index (χ0v) is 21.1. The lowest BCUT2D eigenvalue weighted by atomic mass is 9.68.